The van der Waals surface area contributed by atoms with Gasteiger partial charge < -0.3 is 15.3 Å². The number of hydrogen-bond acceptors (Lipinski definition) is 3. The zero-order chi connectivity index (χ0) is 14.7. The zero-order valence-electron chi connectivity index (χ0n) is 10.9. The molecule has 0 aliphatic carbocycles. The summed E-state index contributed by atoms with van der Waals surface area (Å²) in [6.45, 7) is 0. The first-order chi connectivity index (χ1) is 8.91. The lowest BCUT2D eigenvalue weighted by Crippen LogP contribution is -2.03. The molecular weight excluding hydrogens is 271 g/mol. The molecule has 19 heavy (non-hydrogen) atoms. The van der Waals surface area contributed by atoms with Gasteiger partial charge in [-0.25, -0.2) is 0 Å². The molecule has 0 aromatic heterocycles. The van der Waals surface area contributed by atoms with Crippen molar-refractivity contribution in [3.8, 4) is 0 Å². The van der Waals surface area contributed by atoms with Gasteiger partial charge in [0.25, 0.3) is 0 Å². The van der Waals surface area contributed by atoms with Gasteiger partial charge in [-0.2, -0.15) is 0 Å². The van der Waals surface area contributed by atoms with Gasteiger partial charge in [0.05, 0.1) is 0 Å². The molecule has 0 rings (SSSR count). The van der Waals surface area contributed by atoms with Crippen LogP contribution < -0.4 is 0 Å². The van der Waals surface area contributed by atoms with Crippen LogP contribution in [0.15, 0.2) is 0 Å². The first kappa shape index (κ1) is 17.8. The highest BCUT2D eigenvalue weighted by Crippen LogP contribution is 2.38. The molecular formula is C12H21O6P. The maximum absolute atomic E-state index is 10.4. The quantitative estimate of drug-likeness (QED) is 0.475. The van der Waals surface area contributed by atoms with Crippen molar-refractivity contribution in [3.63, 3.8) is 0 Å². The molecule has 0 aliphatic heterocycles. The predicted octanol–water partition coefficient (Wildman–Crippen LogP) is 2.06. The number of carbonyl (C=O) groups is 3. The fourth-order valence-electron chi connectivity index (χ4n) is 1.70. The van der Waals surface area contributed by atoms with Crippen molar-refractivity contribution in [3.05, 3.63) is 0 Å². The van der Waals surface area contributed by atoms with Crippen molar-refractivity contribution in [1.29, 1.82) is 0 Å². The van der Waals surface area contributed by atoms with Gasteiger partial charge in [0.15, 0.2) is 0 Å². The summed E-state index contributed by atoms with van der Waals surface area (Å²) in [5.74, 6) is -2.48. The Hall–Kier alpha value is -1.16. The Bertz CT molecular complexity index is 257. The lowest BCUT2D eigenvalue weighted by Gasteiger charge is -2.16. The van der Waals surface area contributed by atoms with Crippen LogP contribution >= 0.6 is 7.92 Å². The number of rotatable bonds is 12. The maximum Gasteiger partial charge on any atom is 0.303 e. The van der Waals surface area contributed by atoms with Gasteiger partial charge in [0.1, 0.15) is 0 Å². The molecule has 3 N–H and O–H groups in total. The number of hydrogen-bond donors (Lipinski definition) is 3. The molecule has 0 aromatic rings. The summed E-state index contributed by atoms with van der Waals surface area (Å²) in [6, 6.07) is 0. The van der Waals surface area contributed by atoms with E-state index in [1.54, 1.807) is 0 Å². The lowest BCUT2D eigenvalue weighted by atomic mass is 10.3. The Morgan fingerprint density at radius 3 is 1.11 bits per heavy atom. The van der Waals surface area contributed by atoms with Crippen molar-refractivity contribution in [1.82, 2.24) is 0 Å². The van der Waals surface area contributed by atoms with Gasteiger partial charge >= 0.3 is 17.9 Å². The van der Waals surface area contributed by atoms with Crippen LogP contribution in [0.3, 0.4) is 0 Å². The molecule has 7 heteroatoms. The number of carboxylic acid groups (broad SMARTS) is 3. The standard InChI is InChI=1S/C12H21O6P/c13-10(14)4-1-7-19(8-2-5-11(15)16)9-3-6-12(17)18/h1-9H2,(H,13,14)(H,15,16)(H,17,18). The summed E-state index contributed by atoms with van der Waals surface area (Å²) in [5, 5.41) is 25.7. The third-order valence-corrected chi connectivity index (χ3v) is 5.44. The molecule has 0 heterocycles. The highest BCUT2D eigenvalue weighted by Gasteiger charge is 2.11. The first-order valence-corrected chi connectivity index (χ1v) is 8.19. The van der Waals surface area contributed by atoms with Crippen LogP contribution in [0.2, 0.25) is 0 Å². The van der Waals surface area contributed by atoms with Crippen LogP contribution in [-0.2, 0) is 14.4 Å². The largest absolute Gasteiger partial charge is 0.481 e. The van der Waals surface area contributed by atoms with Gasteiger partial charge in [-0.15, -0.1) is 7.92 Å². The molecule has 0 spiro atoms. The molecule has 0 bridgehead atoms. The second kappa shape index (κ2) is 10.7. The monoisotopic (exact) mass is 292 g/mol. The number of carboxylic acids is 3. The van der Waals surface area contributed by atoms with Crippen molar-refractivity contribution in [2.75, 3.05) is 18.5 Å². The van der Waals surface area contributed by atoms with Crippen molar-refractivity contribution in [2.24, 2.45) is 0 Å². The fraction of sp³-hybridized carbons (Fsp3) is 0.750. The minimum absolute atomic E-state index is 0.122. The summed E-state index contributed by atoms with van der Waals surface area (Å²) in [5.41, 5.74) is 0. The average Bonchev–Trinajstić information content (AvgIpc) is 2.26. The summed E-state index contributed by atoms with van der Waals surface area (Å²) in [6.07, 6.45) is 4.45. The van der Waals surface area contributed by atoms with Gasteiger partial charge in [-0.3, -0.25) is 14.4 Å². The Morgan fingerprint density at radius 1 is 0.632 bits per heavy atom. The third-order valence-electron chi connectivity index (χ3n) is 2.59. The van der Waals surface area contributed by atoms with Gasteiger partial charge in [-0.1, -0.05) is 0 Å². The molecule has 6 nitrogen and oxygen atoms in total. The van der Waals surface area contributed by atoms with Gasteiger partial charge in [-0.05, 0) is 37.7 Å². The summed E-state index contributed by atoms with van der Waals surface area (Å²) < 4.78 is 0. The molecule has 0 atom stereocenters. The van der Waals surface area contributed by atoms with Crippen molar-refractivity contribution >= 4 is 25.8 Å². The van der Waals surface area contributed by atoms with Crippen LogP contribution in [-0.4, -0.2) is 51.7 Å². The Morgan fingerprint density at radius 2 is 0.895 bits per heavy atom. The summed E-state index contributed by atoms with van der Waals surface area (Å²) in [4.78, 5) is 31.3. The van der Waals surface area contributed by atoms with E-state index in [1.165, 1.54) is 0 Å². The SMILES string of the molecule is O=C(O)CCCP(CCCC(=O)O)CCCC(=O)O. The average molecular weight is 292 g/mol. The zero-order valence-corrected chi connectivity index (χ0v) is 11.8. The normalized spacial score (nSPS) is 10.6. The van der Waals surface area contributed by atoms with Crippen LogP contribution in [0, 0.1) is 0 Å². The predicted molar refractivity (Wildman–Crippen MR) is 72.1 cm³/mol. The Labute approximate surface area is 113 Å². The van der Waals surface area contributed by atoms with Crippen LogP contribution in [0.25, 0.3) is 0 Å². The van der Waals surface area contributed by atoms with E-state index in [-0.39, 0.29) is 19.3 Å². The van der Waals surface area contributed by atoms with E-state index in [4.69, 9.17) is 15.3 Å². The Balaban J connectivity index is 3.94. The third kappa shape index (κ3) is 13.1. The van der Waals surface area contributed by atoms with E-state index < -0.39 is 25.8 Å². The fourth-order valence-corrected chi connectivity index (χ4v) is 4.18. The molecule has 0 saturated carbocycles. The molecule has 0 saturated heterocycles. The van der Waals surface area contributed by atoms with Gasteiger partial charge in [0, 0.05) is 19.3 Å². The van der Waals surface area contributed by atoms with E-state index in [0.717, 1.165) is 18.5 Å². The maximum atomic E-state index is 10.4. The smallest absolute Gasteiger partial charge is 0.303 e. The Kier molecular flexibility index (Phi) is 10.1. The summed E-state index contributed by atoms with van der Waals surface area (Å²) >= 11 is 0. The highest BCUT2D eigenvalue weighted by atomic mass is 31.1. The summed E-state index contributed by atoms with van der Waals surface area (Å²) in [7, 11) is -0.443. The van der Waals surface area contributed by atoms with Crippen LogP contribution in [0.5, 0.6) is 0 Å². The molecule has 0 aromatic carbocycles. The van der Waals surface area contributed by atoms with Crippen molar-refractivity contribution < 1.29 is 29.7 Å². The van der Waals surface area contributed by atoms with Crippen LogP contribution in [0.4, 0.5) is 0 Å². The van der Waals surface area contributed by atoms with Gasteiger partial charge in [0.2, 0.25) is 0 Å². The molecule has 110 valence electrons. The molecule has 0 fully saturated rings. The second-order valence-corrected chi connectivity index (χ2v) is 7.02. The van der Waals surface area contributed by atoms with E-state index in [0.29, 0.717) is 19.3 Å². The van der Waals surface area contributed by atoms with E-state index >= 15 is 0 Å². The van der Waals surface area contributed by atoms with Crippen LogP contribution in [0.1, 0.15) is 38.5 Å². The minimum atomic E-state index is -0.828. The molecule has 0 unspecified atom stereocenters. The van der Waals surface area contributed by atoms with E-state index in [9.17, 15) is 14.4 Å². The molecule has 0 radical (unpaired) electrons. The van der Waals surface area contributed by atoms with E-state index in [2.05, 4.69) is 0 Å². The minimum Gasteiger partial charge on any atom is -0.481 e. The van der Waals surface area contributed by atoms with Crippen molar-refractivity contribution in [2.45, 2.75) is 38.5 Å². The molecule has 0 aliphatic rings. The first-order valence-electron chi connectivity index (χ1n) is 6.29. The topological polar surface area (TPSA) is 112 Å². The number of aliphatic carboxylic acids is 3. The molecule has 0 amide bonds. The highest BCUT2D eigenvalue weighted by molar-refractivity contribution is 7.57. The second-order valence-electron chi connectivity index (χ2n) is 4.33. The lowest BCUT2D eigenvalue weighted by molar-refractivity contribution is -0.138. The van der Waals surface area contributed by atoms with E-state index in [1.807, 2.05) is 0 Å².